The molecule has 0 saturated carbocycles. The van der Waals surface area contributed by atoms with Gasteiger partial charge in [0.15, 0.2) is 5.17 Å². The van der Waals surface area contributed by atoms with E-state index < -0.39 is 17.8 Å². The molecule has 4 rings (SSSR count). The number of amidine groups is 1. The Morgan fingerprint density at radius 1 is 1.17 bits per heavy atom. The van der Waals surface area contributed by atoms with Gasteiger partial charge in [0, 0.05) is 5.56 Å². The van der Waals surface area contributed by atoms with Crippen molar-refractivity contribution in [3.63, 3.8) is 0 Å². The fraction of sp³-hybridized carbons (Fsp3) is 0.261. The van der Waals surface area contributed by atoms with Gasteiger partial charge in [-0.15, -0.1) is 0 Å². The largest absolute Gasteiger partial charge is 0.457 e. The molecular formula is C23H21FN2O3S. The summed E-state index contributed by atoms with van der Waals surface area (Å²) in [5.74, 6) is -1.26. The lowest BCUT2D eigenvalue weighted by atomic mass is 9.93. The summed E-state index contributed by atoms with van der Waals surface area (Å²) in [4.78, 5) is 32.1. The third kappa shape index (κ3) is 3.65. The predicted molar refractivity (Wildman–Crippen MR) is 114 cm³/mol. The summed E-state index contributed by atoms with van der Waals surface area (Å²) in [5.41, 5.74) is 1.71. The molecule has 0 aliphatic carbocycles. The first-order valence-corrected chi connectivity index (χ1v) is 10.6. The molecule has 0 radical (unpaired) electrons. The lowest BCUT2D eigenvalue weighted by molar-refractivity contribution is -0.141. The van der Waals surface area contributed by atoms with Crippen molar-refractivity contribution in [1.29, 1.82) is 0 Å². The zero-order valence-electron chi connectivity index (χ0n) is 16.7. The minimum atomic E-state index is -0.904. The molecule has 154 valence electrons. The second-order valence-electron chi connectivity index (χ2n) is 7.10. The minimum Gasteiger partial charge on any atom is -0.457 e. The van der Waals surface area contributed by atoms with Gasteiger partial charge >= 0.3 is 5.97 Å². The van der Waals surface area contributed by atoms with Gasteiger partial charge < -0.3 is 4.74 Å². The number of allylic oxidation sites excluding steroid dienone is 1. The van der Waals surface area contributed by atoms with E-state index in [4.69, 9.17) is 4.74 Å². The number of rotatable bonds is 5. The molecule has 1 amide bonds. The van der Waals surface area contributed by atoms with E-state index in [9.17, 15) is 14.0 Å². The maximum atomic E-state index is 14.8. The molecule has 0 aromatic heterocycles. The molecule has 0 N–H and O–H groups in total. The number of hydrogen-bond donors (Lipinski definition) is 0. The van der Waals surface area contributed by atoms with E-state index in [-0.39, 0.29) is 28.9 Å². The lowest BCUT2D eigenvalue weighted by Crippen LogP contribution is -2.41. The molecule has 0 unspecified atom stereocenters. The van der Waals surface area contributed by atoms with E-state index >= 15 is 0 Å². The molecule has 2 aromatic carbocycles. The highest BCUT2D eigenvalue weighted by molar-refractivity contribution is 8.15. The molecule has 2 aromatic rings. The molecule has 0 bridgehead atoms. The van der Waals surface area contributed by atoms with E-state index in [0.29, 0.717) is 17.3 Å². The van der Waals surface area contributed by atoms with Crippen molar-refractivity contribution >= 4 is 28.8 Å². The van der Waals surface area contributed by atoms with Crippen LogP contribution in [0.15, 0.2) is 70.9 Å². The van der Waals surface area contributed by atoms with Crippen LogP contribution in [-0.4, -0.2) is 27.2 Å². The van der Waals surface area contributed by atoms with Gasteiger partial charge in [-0.3, -0.25) is 9.69 Å². The van der Waals surface area contributed by atoms with Gasteiger partial charge in [0.1, 0.15) is 18.5 Å². The Labute approximate surface area is 178 Å². The zero-order chi connectivity index (χ0) is 21.3. The van der Waals surface area contributed by atoms with Gasteiger partial charge in [-0.2, -0.15) is 0 Å². The maximum Gasteiger partial charge on any atom is 0.338 e. The molecule has 2 heterocycles. The Balaban J connectivity index is 1.73. The third-order valence-electron chi connectivity index (χ3n) is 5.15. The number of hydrogen-bond acceptors (Lipinski definition) is 5. The standard InChI is InChI=1S/C23H21FN2O3S/c1-3-18-21(27)26-20(16-11-7-8-12-17(16)24)19(14(2)25-23(26)30-18)22(28)29-13-15-9-5-4-6-10-15/h4-12,18,20H,3,13H2,1-2H3/t18-,20+/m0/s1. The quantitative estimate of drug-likeness (QED) is 0.658. The highest BCUT2D eigenvalue weighted by Gasteiger charge is 2.47. The van der Waals surface area contributed by atoms with Crippen LogP contribution in [0.5, 0.6) is 0 Å². The van der Waals surface area contributed by atoms with E-state index in [1.807, 2.05) is 37.3 Å². The number of amides is 1. The summed E-state index contributed by atoms with van der Waals surface area (Å²) in [6.07, 6.45) is 0.621. The summed E-state index contributed by atoms with van der Waals surface area (Å²) >= 11 is 1.35. The summed E-state index contributed by atoms with van der Waals surface area (Å²) in [7, 11) is 0. The van der Waals surface area contributed by atoms with Crippen molar-refractivity contribution in [2.75, 3.05) is 0 Å². The topological polar surface area (TPSA) is 59.0 Å². The van der Waals surface area contributed by atoms with E-state index in [0.717, 1.165) is 5.56 Å². The van der Waals surface area contributed by atoms with Crippen LogP contribution in [-0.2, 0) is 20.9 Å². The second-order valence-corrected chi connectivity index (χ2v) is 8.27. The summed E-state index contributed by atoms with van der Waals surface area (Å²) in [5, 5.41) is 0.197. The number of carbonyl (C=O) groups excluding carboxylic acids is 2. The highest BCUT2D eigenvalue weighted by Crippen LogP contribution is 2.44. The van der Waals surface area contributed by atoms with Crippen LogP contribution < -0.4 is 0 Å². The molecule has 7 heteroatoms. The highest BCUT2D eigenvalue weighted by atomic mass is 32.2. The Hall–Kier alpha value is -2.93. The number of benzene rings is 2. The average molecular weight is 424 g/mol. The van der Waals surface area contributed by atoms with Crippen LogP contribution in [0.3, 0.4) is 0 Å². The van der Waals surface area contributed by atoms with E-state index in [2.05, 4.69) is 4.99 Å². The molecule has 30 heavy (non-hydrogen) atoms. The van der Waals surface area contributed by atoms with Gasteiger partial charge in [-0.05, 0) is 25.0 Å². The van der Waals surface area contributed by atoms with Crippen molar-refractivity contribution in [3.8, 4) is 0 Å². The van der Waals surface area contributed by atoms with Crippen LogP contribution in [0.2, 0.25) is 0 Å². The molecular weight excluding hydrogens is 403 g/mol. The van der Waals surface area contributed by atoms with Gasteiger partial charge in [-0.25, -0.2) is 14.2 Å². The van der Waals surface area contributed by atoms with Crippen LogP contribution in [0.25, 0.3) is 0 Å². The number of halogens is 1. The van der Waals surface area contributed by atoms with Crippen LogP contribution in [0.1, 0.15) is 37.4 Å². The Kier molecular flexibility index (Phi) is 5.72. The van der Waals surface area contributed by atoms with Crippen LogP contribution in [0, 0.1) is 5.82 Å². The monoisotopic (exact) mass is 424 g/mol. The first kappa shape index (κ1) is 20.3. The zero-order valence-corrected chi connectivity index (χ0v) is 17.5. The molecule has 2 atom stereocenters. The van der Waals surface area contributed by atoms with Gasteiger partial charge in [0.05, 0.1) is 16.5 Å². The van der Waals surface area contributed by atoms with Crippen molar-refractivity contribution in [2.24, 2.45) is 4.99 Å². The molecule has 0 spiro atoms. The number of carbonyl (C=O) groups is 2. The Morgan fingerprint density at radius 3 is 2.57 bits per heavy atom. The number of fused-ring (bicyclic) bond motifs is 1. The Bertz CT molecular complexity index is 1050. The fourth-order valence-electron chi connectivity index (χ4n) is 3.64. The average Bonchev–Trinajstić information content (AvgIpc) is 3.07. The van der Waals surface area contributed by atoms with Crippen molar-refractivity contribution in [3.05, 3.63) is 82.8 Å². The number of ether oxygens (including phenoxy) is 1. The second kappa shape index (κ2) is 8.44. The number of thioether (sulfide) groups is 1. The molecule has 2 aliphatic heterocycles. The van der Waals surface area contributed by atoms with Crippen LogP contribution >= 0.6 is 11.8 Å². The number of aliphatic imine (C=N–C) groups is 1. The van der Waals surface area contributed by atoms with Crippen molar-refractivity contribution in [1.82, 2.24) is 4.90 Å². The number of nitrogens with zero attached hydrogens (tertiary/aromatic N) is 2. The molecule has 1 fully saturated rings. The van der Waals surface area contributed by atoms with Gasteiger partial charge in [0.25, 0.3) is 0 Å². The first-order valence-electron chi connectivity index (χ1n) is 9.76. The van der Waals surface area contributed by atoms with Gasteiger partial charge in [-0.1, -0.05) is 67.2 Å². The molecule has 5 nitrogen and oxygen atoms in total. The SMILES string of the molecule is CC[C@@H]1SC2=NC(C)=C(C(=O)OCc3ccccc3)[C@@H](c3ccccc3F)N2C1=O. The smallest absolute Gasteiger partial charge is 0.338 e. The maximum absolute atomic E-state index is 14.8. The summed E-state index contributed by atoms with van der Waals surface area (Å²) in [6, 6.07) is 14.6. The lowest BCUT2D eigenvalue weighted by Gasteiger charge is -2.33. The van der Waals surface area contributed by atoms with Crippen LogP contribution in [0.4, 0.5) is 4.39 Å². The van der Waals surface area contributed by atoms with E-state index in [1.54, 1.807) is 25.1 Å². The third-order valence-corrected chi connectivity index (χ3v) is 6.47. The fourth-order valence-corrected chi connectivity index (χ4v) is 4.78. The summed E-state index contributed by atoms with van der Waals surface area (Å²) < 4.78 is 20.3. The Morgan fingerprint density at radius 2 is 1.87 bits per heavy atom. The normalized spacial score (nSPS) is 20.8. The van der Waals surface area contributed by atoms with Crippen molar-refractivity contribution in [2.45, 2.75) is 38.2 Å². The van der Waals surface area contributed by atoms with Crippen molar-refractivity contribution < 1.29 is 18.7 Å². The number of esters is 1. The van der Waals surface area contributed by atoms with E-state index in [1.165, 1.54) is 22.7 Å². The predicted octanol–water partition coefficient (Wildman–Crippen LogP) is 4.61. The minimum absolute atomic E-state index is 0.0807. The first-order chi connectivity index (χ1) is 14.5. The van der Waals surface area contributed by atoms with Gasteiger partial charge in [0.2, 0.25) is 5.91 Å². The molecule has 2 aliphatic rings. The molecule has 1 saturated heterocycles. The summed E-state index contributed by atoms with van der Waals surface area (Å²) in [6.45, 7) is 3.70.